The van der Waals surface area contributed by atoms with Gasteiger partial charge < -0.3 is 57.0 Å². The molecule has 4 fully saturated rings. The molecule has 0 saturated carbocycles. The molecule has 4 aliphatic heterocycles. The highest BCUT2D eigenvalue weighted by Crippen LogP contribution is 2.45. The lowest BCUT2D eigenvalue weighted by Crippen LogP contribution is -2.62. The van der Waals surface area contributed by atoms with Gasteiger partial charge in [0.1, 0.15) is 11.7 Å². The van der Waals surface area contributed by atoms with Gasteiger partial charge in [-0.3, -0.25) is 9.59 Å². The summed E-state index contributed by atoms with van der Waals surface area (Å²) < 4.78 is 72.2. The van der Waals surface area contributed by atoms with Crippen LogP contribution in [0.4, 0.5) is 0 Å². The van der Waals surface area contributed by atoms with Crippen LogP contribution >= 0.6 is 0 Å². The number of esters is 3. The maximum absolute atomic E-state index is 14.8. The molecule has 0 radical (unpaired) electrons. The summed E-state index contributed by atoms with van der Waals surface area (Å²) >= 11 is 0. The van der Waals surface area contributed by atoms with Gasteiger partial charge in [0.25, 0.3) is 0 Å². The third-order valence-electron chi connectivity index (χ3n) is 15.0. The van der Waals surface area contributed by atoms with Gasteiger partial charge in [0.05, 0.1) is 59.2 Å². The van der Waals surface area contributed by atoms with E-state index < -0.39 is 114 Å². The third-order valence-corrected chi connectivity index (χ3v) is 15.0. The van der Waals surface area contributed by atoms with Crippen molar-refractivity contribution >= 4 is 23.7 Å². The molecule has 0 spiro atoms. The Morgan fingerprint density at radius 2 is 1.29 bits per heavy atom. The van der Waals surface area contributed by atoms with E-state index >= 15 is 0 Å². The Balaban J connectivity index is 1.45. The second-order valence-electron chi connectivity index (χ2n) is 21.1. The SMILES string of the molecule is CC[C@H]1OC(=O)[C@H](C)[C@@H](O[C@H]2C[C@@](C)(OC)[C@@H](OC(=O)c3ccccc3)[C@H](C)O2)[C@H](C)[C@@H](OC2O[C@H](C)C[C@H](N(C)C)[C@H]2OC(=O)c2ccccc2)[C@@](C)(OC)C[C@@H](C)[C@@H]2OC(C)(C)O[C@@H](C1=O)[C@H]2C. The summed E-state index contributed by atoms with van der Waals surface area (Å²) in [6.45, 7) is 20.4. The monoisotopic (exact) mass is 982 g/mol. The molecule has 4 aliphatic rings. The Hall–Kier alpha value is -3.84. The van der Waals surface area contributed by atoms with Gasteiger partial charge in [-0.15, -0.1) is 0 Å². The highest BCUT2D eigenvalue weighted by molar-refractivity contribution is 5.91. The molecule has 16 nitrogen and oxygen atoms in total. The summed E-state index contributed by atoms with van der Waals surface area (Å²) in [5.41, 5.74) is -1.56. The van der Waals surface area contributed by atoms with Crippen LogP contribution in [0.2, 0.25) is 0 Å². The van der Waals surface area contributed by atoms with Crippen molar-refractivity contribution < 1.29 is 71.3 Å². The molecule has 18 atom stereocenters. The molecule has 2 aromatic carbocycles. The fourth-order valence-electron chi connectivity index (χ4n) is 11.1. The molecule has 0 aromatic heterocycles. The van der Waals surface area contributed by atoms with E-state index in [0.29, 0.717) is 24.0 Å². The molecule has 2 bridgehead atoms. The van der Waals surface area contributed by atoms with Crippen molar-refractivity contribution in [1.29, 1.82) is 0 Å². The van der Waals surface area contributed by atoms with Gasteiger partial charge in [0.2, 0.25) is 5.78 Å². The normalized spacial score (nSPS) is 39.6. The summed E-state index contributed by atoms with van der Waals surface area (Å²) in [5, 5.41) is 0. The number of Topliss-reactive ketones (excluding diaryl/α,β-unsaturated/α-hetero) is 1. The average Bonchev–Trinajstić information content (AvgIpc) is 3.33. The largest absolute Gasteiger partial charge is 0.454 e. The number of cyclic esters (lactones) is 1. The van der Waals surface area contributed by atoms with Gasteiger partial charge in [0.15, 0.2) is 36.7 Å². The van der Waals surface area contributed by atoms with Gasteiger partial charge in [-0.2, -0.15) is 0 Å². The van der Waals surface area contributed by atoms with Crippen LogP contribution in [0.1, 0.15) is 123 Å². The lowest BCUT2D eigenvalue weighted by molar-refractivity contribution is -0.329. The van der Waals surface area contributed by atoms with E-state index in [1.54, 1.807) is 90.3 Å². The van der Waals surface area contributed by atoms with Crippen LogP contribution in [0, 0.1) is 23.7 Å². The van der Waals surface area contributed by atoms with Crippen molar-refractivity contribution in [2.75, 3.05) is 28.3 Å². The highest BCUT2D eigenvalue weighted by atomic mass is 16.7. The summed E-state index contributed by atoms with van der Waals surface area (Å²) in [6, 6.07) is 17.1. The Kier molecular flexibility index (Phi) is 18.2. The Bertz CT molecular complexity index is 2070. The molecule has 0 N–H and O–H groups in total. The quantitative estimate of drug-likeness (QED) is 0.150. The second kappa shape index (κ2) is 22.9. The van der Waals surface area contributed by atoms with Crippen molar-refractivity contribution in [3.63, 3.8) is 0 Å². The molecule has 6 rings (SSSR count). The van der Waals surface area contributed by atoms with Crippen molar-refractivity contribution in [3.05, 3.63) is 71.8 Å². The molecule has 4 heterocycles. The number of ketones is 1. The van der Waals surface area contributed by atoms with Crippen LogP contribution in [0.3, 0.4) is 0 Å². The number of likely N-dealkylation sites (N-methyl/N-ethyl adjacent to an activating group) is 1. The van der Waals surface area contributed by atoms with Crippen LogP contribution < -0.4 is 0 Å². The maximum atomic E-state index is 14.8. The molecular weight excluding hydrogens is 903 g/mol. The number of ether oxygens (including phenoxy) is 11. The minimum absolute atomic E-state index is 0.0860. The van der Waals surface area contributed by atoms with Crippen molar-refractivity contribution in [2.45, 2.75) is 192 Å². The van der Waals surface area contributed by atoms with Gasteiger partial charge in [-0.05, 0) is 112 Å². The van der Waals surface area contributed by atoms with E-state index in [1.807, 2.05) is 65.7 Å². The third kappa shape index (κ3) is 12.3. The smallest absolute Gasteiger partial charge is 0.338 e. The molecule has 70 heavy (non-hydrogen) atoms. The van der Waals surface area contributed by atoms with Crippen LogP contribution in [-0.4, -0.2) is 147 Å². The van der Waals surface area contributed by atoms with Gasteiger partial charge in [0, 0.05) is 32.5 Å². The lowest BCUT2D eigenvalue weighted by Gasteiger charge is -2.51. The molecule has 1 unspecified atom stereocenters. The Morgan fingerprint density at radius 1 is 0.714 bits per heavy atom. The van der Waals surface area contributed by atoms with E-state index in [2.05, 4.69) is 6.92 Å². The summed E-state index contributed by atoms with van der Waals surface area (Å²) in [4.78, 5) is 58.6. The predicted molar refractivity (Wildman–Crippen MR) is 258 cm³/mol. The molecule has 2 aromatic rings. The summed E-state index contributed by atoms with van der Waals surface area (Å²) in [5.74, 6) is -5.77. The molecule has 0 aliphatic carbocycles. The van der Waals surface area contributed by atoms with E-state index in [0.717, 1.165) is 0 Å². The highest BCUT2D eigenvalue weighted by Gasteiger charge is 2.56. The van der Waals surface area contributed by atoms with E-state index in [4.69, 9.17) is 52.1 Å². The number of fused-ring (bicyclic) bond motifs is 2. The van der Waals surface area contributed by atoms with Crippen molar-refractivity contribution in [3.8, 4) is 0 Å². The van der Waals surface area contributed by atoms with Gasteiger partial charge in [-0.25, -0.2) is 9.59 Å². The van der Waals surface area contributed by atoms with Crippen LogP contribution in [-0.2, 0) is 61.7 Å². The minimum atomic E-state index is -1.20. The second-order valence-corrected chi connectivity index (χ2v) is 21.1. The van der Waals surface area contributed by atoms with Crippen LogP contribution in [0.15, 0.2) is 60.7 Å². The number of carbonyl (C=O) groups is 4. The maximum Gasteiger partial charge on any atom is 0.338 e. The first-order valence-corrected chi connectivity index (χ1v) is 25.0. The predicted octanol–water partition coefficient (Wildman–Crippen LogP) is 7.58. The van der Waals surface area contributed by atoms with Gasteiger partial charge >= 0.3 is 17.9 Å². The fraction of sp³-hybridized carbons (Fsp3) is 0.704. The van der Waals surface area contributed by atoms with Crippen molar-refractivity contribution in [2.24, 2.45) is 23.7 Å². The standard InChI is InChI=1S/C54H79NO15/c1-16-39-41(56)44-32(4)42(69-52(8,9)70-44)30(2)28-53(10,60-14)46(68-51-45(38(55(12)13)27-31(3)62-51)66-49(58)36-23-19-17-20-24-36)33(5)43(34(6)48(57)64-39)65-40-29-54(11,61-15)47(35(7)63-40)67-50(59)37-25-21-18-22-26-37/h17-26,30-35,38-40,42-47,51H,16,27-29H2,1-15H3/t30-,31-,32+,33+,34-,35+,38+,39-,40+,42+,43+,44-,45-,46-,47+,51?,53+,54-/m1/s1. The molecular formula is C54H79NO15. The van der Waals surface area contributed by atoms with Crippen LogP contribution in [0.25, 0.3) is 0 Å². The first-order valence-electron chi connectivity index (χ1n) is 25.0. The molecule has 16 heteroatoms. The zero-order valence-corrected chi connectivity index (χ0v) is 43.9. The van der Waals surface area contributed by atoms with Gasteiger partial charge in [-0.1, -0.05) is 64.1 Å². The Morgan fingerprint density at radius 3 is 1.84 bits per heavy atom. The number of rotatable bonds is 12. The number of hydrogen-bond acceptors (Lipinski definition) is 16. The molecule has 4 saturated heterocycles. The molecule has 390 valence electrons. The summed E-state index contributed by atoms with van der Waals surface area (Å²) in [7, 11) is 7.00. The Labute approximate surface area is 414 Å². The van der Waals surface area contributed by atoms with E-state index in [9.17, 15) is 19.2 Å². The van der Waals surface area contributed by atoms with Crippen LogP contribution in [0.5, 0.6) is 0 Å². The van der Waals surface area contributed by atoms with E-state index in [-0.39, 0.29) is 36.7 Å². The zero-order chi connectivity index (χ0) is 51.5. The number of nitrogens with zero attached hydrogens (tertiary/aromatic N) is 1. The minimum Gasteiger partial charge on any atom is -0.454 e. The van der Waals surface area contributed by atoms with Crippen molar-refractivity contribution in [1.82, 2.24) is 4.90 Å². The number of hydrogen-bond donors (Lipinski definition) is 0. The lowest BCUT2D eigenvalue weighted by atomic mass is 9.74. The fourth-order valence-corrected chi connectivity index (χ4v) is 11.1. The molecule has 0 amide bonds. The zero-order valence-electron chi connectivity index (χ0n) is 43.9. The first kappa shape index (κ1) is 55.5. The number of carbonyl (C=O) groups excluding carboxylic acids is 4. The average molecular weight is 982 g/mol. The number of methoxy groups -OCH3 is 2. The van der Waals surface area contributed by atoms with E-state index in [1.165, 1.54) is 7.11 Å². The first-order chi connectivity index (χ1) is 33.0. The number of benzene rings is 2. The summed E-state index contributed by atoms with van der Waals surface area (Å²) in [6.07, 6.45) is -8.43. The topological polar surface area (TPSA) is 173 Å².